The number of amides is 1. The number of carbonyl (C=O) groups excluding carboxylic acids is 1. The molecule has 120 valence electrons. The van der Waals surface area contributed by atoms with E-state index in [-0.39, 0.29) is 23.2 Å². The highest BCUT2D eigenvalue weighted by atomic mass is 32.2. The van der Waals surface area contributed by atoms with Gasteiger partial charge in [0, 0.05) is 12.1 Å². The number of carbonyl (C=O) groups is 1. The van der Waals surface area contributed by atoms with Gasteiger partial charge < -0.3 is 5.32 Å². The number of aromatic nitrogens is 6. The van der Waals surface area contributed by atoms with E-state index in [4.69, 9.17) is 0 Å². The van der Waals surface area contributed by atoms with E-state index in [1.54, 1.807) is 21.6 Å². The van der Waals surface area contributed by atoms with Gasteiger partial charge in [0.15, 0.2) is 0 Å². The van der Waals surface area contributed by atoms with Crippen LogP contribution in [-0.4, -0.2) is 41.1 Å². The maximum atomic E-state index is 12.3. The SMILES string of the molecule is CC(Sc1nnnn1C(C)C)C(=O)Nc1ccnn1C(C)C. The quantitative estimate of drug-likeness (QED) is 0.819. The average molecular weight is 323 g/mol. The Morgan fingerprint density at radius 3 is 2.50 bits per heavy atom. The Labute approximate surface area is 133 Å². The van der Waals surface area contributed by atoms with Gasteiger partial charge in [-0.25, -0.2) is 9.36 Å². The van der Waals surface area contributed by atoms with E-state index in [1.807, 2.05) is 34.6 Å². The van der Waals surface area contributed by atoms with Crippen LogP contribution in [0.3, 0.4) is 0 Å². The number of hydrogen-bond acceptors (Lipinski definition) is 6. The lowest BCUT2D eigenvalue weighted by molar-refractivity contribution is -0.115. The van der Waals surface area contributed by atoms with Crippen molar-refractivity contribution in [2.75, 3.05) is 5.32 Å². The average Bonchev–Trinajstić information content (AvgIpc) is 3.07. The van der Waals surface area contributed by atoms with Crippen molar-refractivity contribution in [1.29, 1.82) is 0 Å². The Morgan fingerprint density at radius 2 is 1.86 bits per heavy atom. The number of rotatable bonds is 6. The first kappa shape index (κ1) is 16.5. The van der Waals surface area contributed by atoms with E-state index >= 15 is 0 Å². The van der Waals surface area contributed by atoms with E-state index in [9.17, 15) is 4.79 Å². The van der Waals surface area contributed by atoms with Gasteiger partial charge >= 0.3 is 0 Å². The molecule has 2 heterocycles. The van der Waals surface area contributed by atoms with E-state index < -0.39 is 0 Å². The minimum Gasteiger partial charge on any atom is -0.310 e. The van der Waals surface area contributed by atoms with Crippen LogP contribution >= 0.6 is 11.8 Å². The van der Waals surface area contributed by atoms with Gasteiger partial charge in [0.1, 0.15) is 5.82 Å². The molecule has 0 saturated heterocycles. The normalized spacial score (nSPS) is 12.9. The molecule has 1 amide bonds. The van der Waals surface area contributed by atoms with Crippen LogP contribution in [-0.2, 0) is 4.79 Å². The molecule has 0 bridgehead atoms. The molecule has 0 saturated carbocycles. The minimum absolute atomic E-state index is 0.106. The second-order valence-electron chi connectivity index (χ2n) is 5.50. The second kappa shape index (κ2) is 6.91. The molecule has 0 aliphatic heterocycles. The Hall–Kier alpha value is -1.90. The molecule has 1 N–H and O–H groups in total. The highest BCUT2D eigenvalue weighted by Crippen LogP contribution is 2.23. The highest BCUT2D eigenvalue weighted by molar-refractivity contribution is 8.00. The summed E-state index contributed by atoms with van der Waals surface area (Å²) in [4.78, 5) is 12.3. The van der Waals surface area contributed by atoms with E-state index in [2.05, 4.69) is 25.9 Å². The van der Waals surface area contributed by atoms with E-state index in [0.717, 1.165) is 0 Å². The maximum absolute atomic E-state index is 12.3. The molecular weight excluding hydrogens is 302 g/mol. The maximum Gasteiger partial charge on any atom is 0.238 e. The fraction of sp³-hybridized carbons (Fsp3) is 0.615. The van der Waals surface area contributed by atoms with Crippen molar-refractivity contribution in [3.05, 3.63) is 12.3 Å². The molecule has 2 rings (SSSR count). The van der Waals surface area contributed by atoms with Crippen LogP contribution in [0.15, 0.2) is 17.4 Å². The summed E-state index contributed by atoms with van der Waals surface area (Å²) in [7, 11) is 0. The summed E-state index contributed by atoms with van der Waals surface area (Å²) in [5, 5.41) is 19.0. The fourth-order valence-electron chi connectivity index (χ4n) is 1.85. The van der Waals surface area contributed by atoms with Crippen molar-refractivity contribution < 1.29 is 4.79 Å². The summed E-state index contributed by atoms with van der Waals surface area (Å²) in [6.45, 7) is 9.84. The van der Waals surface area contributed by atoms with Crippen molar-refractivity contribution in [2.24, 2.45) is 0 Å². The van der Waals surface area contributed by atoms with Gasteiger partial charge in [-0.2, -0.15) is 5.10 Å². The Morgan fingerprint density at radius 1 is 1.18 bits per heavy atom. The molecule has 1 unspecified atom stereocenters. The first-order chi connectivity index (χ1) is 10.4. The van der Waals surface area contributed by atoms with Crippen LogP contribution in [0.5, 0.6) is 0 Å². The van der Waals surface area contributed by atoms with Gasteiger partial charge in [-0.05, 0) is 45.0 Å². The largest absolute Gasteiger partial charge is 0.310 e. The number of tetrazole rings is 1. The van der Waals surface area contributed by atoms with Crippen LogP contribution in [0, 0.1) is 0 Å². The Bertz CT molecular complexity index is 634. The molecule has 0 aliphatic rings. The molecule has 2 aromatic heterocycles. The van der Waals surface area contributed by atoms with Gasteiger partial charge in [-0.1, -0.05) is 11.8 Å². The zero-order valence-corrected chi connectivity index (χ0v) is 14.2. The summed E-state index contributed by atoms with van der Waals surface area (Å²) >= 11 is 1.33. The van der Waals surface area contributed by atoms with Crippen LogP contribution < -0.4 is 5.32 Å². The third-order valence-corrected chi connectivity index (χ3v) is 4.06. The van der Waals surface area contributed by atoms with Gasteiger partial charge in [-0.3, -0.25) is 4.79 Å². The van der Waals surface area contributed by atoms with Gasteiger partial charge in [-0.15, -0.1) is 5.10 Å². The molecule has 0 fully saturated rings. The molecule has 2 aromatic rings. The van der Waals surface area contributed by atoms with Gasteiger partial charge in [0.05, 0.1) is 17.5 Å². The smallest absolute Gasteiger partial charge is 0.238 e. The van der Waals surface area contributed by atoms with Crippen molar-refractivity contribution in [1.82, 2.24) is 30.0 Å². The number of anilines is 1. The highest BCUT2D eigenvalue weighted by Gasteiger charge is 2.20. The third kappa shape index (κ3) is 3.65. The zero-order valence-electron chi connectivity index (χ0n) is 13.4. The standard InChI is InChI=1S/C13H21N7OS/c1-8(2)19-11(6-7-14-19)15-12(21)10(5)22-13-16-17-18-20(13)9(3)4/h6-10H,1-5H3,(H,15,21). The molecule has 0 aromatic carbocycles. The summed E-state index contributed by atoms with van der Waals surface area (Å²) in [6, 6.07) is 2.12. The summed E-state index contributed by atoms with van der Waals surface area (Å²) < 4.78 is 3.47. The van der Waals surface area contributed by atoms with Crippen LogP contribution in [0.2, 0.25) is 0 Å². The number of hydrogen-bond donors (Lipinski definition) is 1. The first-order valence-electron chi connectivity index (χ1n) is 7.19. The Balaban J connectivity index is 2.03. The van der Waals surface area contributed by atoms with Crippen molar-refractivity contribution in [3.63, 3.8) is 0 Å². The summed E-state index contributed by atoms with van der Waals surface area (Å²) in [6.07, 6.45) is 1.67. The predicted molar refractivity (Wildman–Crippen MR) is 84.8 cm³/mol. The minimum atomic E-state index is -0.320. The lowest BCUT2D eigenvalue weighted by Crippen LogP contribution is -2.25. The monoisotopic (exact) mass is 323 g/mol. The predicted octanol–water partition coefficient (Wildman–Crippen LogP) is 2.15. The number of nitrogens with zero attached hydrogens (tertiary/aromatic N) is 6. The van der Waals surface area contributed by atoms with Crippen molar-refractivity contribution >= 4 is 23.5 Å². The lowest BCUT2D eigenvalue weighted by Gasteiger charge is -2.15. The molecule has 1 atom stereocenters. The van der Waals surface area contributed by atoms with Crippen LogP contribution in [0.4, 0.5) is 5.82 Å². The lowest BCUT2D eigenvalue weighted by atomic mass is 10.4. The molecule has 8 nitrogen and oxygen atoms in total. The molecule has 9 heteroatoms. The van der Waals surface area contributed by atoms with Crippen LogP contribution in [0.1, 0.15) is 46.7 Å². The third-order valence-electron chi connectivity index (χ3n) is 3.01. The molecule has 22 heavy (non-hydrogen) atoms. The van der Waals surface area contributed by atoms with Gasteiger partial charge in [0.25, 0.3) is 0 Å². The zero-order chi connectivity index (χ0) is 16.3. The van der Waals surface area contributed by atoms with Gasteiger partial charge in [0.2, 0.25) is 11.1 Å². The number of thioether (sulfide) groups is 1. The summed E-state index contributed by atoms with van der Waals surface area (Å²) in [5.74, 6) is 0.585. The molecule has 0 aliphatic carbocycles. The van der Waals surface area contributed by atoms with E-state index in [0.29, 0.717) is 11.0 Å². The number of nitrogens with one attached hydrogen (secondary N) is 1. The first-order valence-corrected chi connectivity index (χ1v) is 8.07. The van der Waals surface area contributed by atoms with Crippen molar-refractivity contribution in [2.45, 2.75) is 57.1 Å². The Kier molecular flexibility index (Phi) is 5.17. The molecule has 0 radical (unpaired) electrons. The van der Waals surface area contributed by atoms with Crippen molar-refractivity contribution in [3.8, 4) is 0 Å². The fourth-order valence-corrected chi connectivity index (χ4v) is 2.77. The second-order valence-corrected chi connectivity index (χ2v) is 6.81. The molecule has 0 spiro atoms. The summed E-state index contributed by atoms with van der Waals surface area (Å²) in [5.41, 5.74) is 0. The van der Waals surface area contributed by atoms with E-state index in [1.165, 1.54) is 11.8 Å². The van der Waals surface area contributed by atoms with Crippen LogP contribution in [0.25, 0.3) is 0 Å². The topological polar surface area (TPSA) is 90.5 Å². The molecular formula is C13H21N7OS.